The van der Waals surface area contributed by atoms with Gasteiger partial charge < -0.3 is 19.4 Å². The van der Waals surface area contributed by atoms with Crippen LogP contribution in [0.3, 0.4) is 0 Å². The second-order valence-electron chi connectivity index (χ2n) is 4.31. The number of rotatable bonds is 2. The van der Waals surface area contributed by atoms with Crippen molar-refractivity contribution in [3.63, 3.8) is 0 Å². The van der Waals surface area contributed by atoms with Crippen LogP contribution in [0.1, 0.15) is 24.3 Å². The van der Waals surface area contributed by atoms with Gasteiger partial charge in [0, 0.05) is 19.7 Å². The number of hydrogen-bond donors (Lipinski definition) is 1. The Kier molecular flexibility index (Phi) is 2.90. The molecule has 2 unspecified atom stereocenters. The fourth-order valence-corrected chi connectivity index (χ4v) is 2.37. The Morgan fingerprint density at radius 2 is 2.44 bits per heavy atom. The molecular formula is C11H17N3O2. The van der Waals surface area contributed by atoms with Gasteiger partial charge in [-0.3, -0.25) is 0 Å². The summed E-state index contributed by atoms with van der Waals surface area (Å²) < 4.78 is 13.4. The van der Waals surface area contributed by atoms with Crippen LogP contribution in [0.15, 0.2) is 12.5 Å². The summed E-state index contributed by atoms with van der Waals surface area (Å²) in [5.74, 6) is 0. The molecule has 3 rings (SSSR count). The lowest BCUT2D eigenvalue weighted by Gasteiger charge is -2.25. The first-order valence-electron chi connectivity index (χ1n) is 5.87. The molecule has 1 aromatic rings. The minimum Gasteiger partial charge on any atom is -0.379 e. The first-order valence-corrected chi connectivity index (χ1v) is 5.87. The Bertz CT molecular complexity index is 341. The van der Waals surface area contributed by atoms with Gasteiger partial charge in [0.05, 0.1) is 37.5 Å². The molecule has 16 heavy (non-hydrogen) atoms. The third kappa shape index (κ3) is 1.86. The van der Waals surface area contributed by atoms with E-state index in [1.54, 1.807) is 0 Å². The Balaban J connectivity index is 1.80. The molecule has 0 radical (unpaired) electrons. The quantitative estimate of drug-likeness (QED) is 0.793. The van der Waals surface area contributed by atoms with E-state index in [-0.39, 0.29) is 6.10 Å². The Morgan fingerprint density at radius 1 is 1.44 bits per heavy atom. The van der Waals surface area contributed by atoms with Gasteiger partial charge >= 0.3 is 0 Å². The number of imidazole rings is 1. The lowest BCUT2D eigenvalue weighted by atomic mass is 10.2. The Labute approximate surface area is 94.8 Å². The topological polar surface area (TPSA) is 48.3 Å². The van der Waals surface area contributed by atoms with Crippen LogP contribution in [0, 0.1) is 0 Å². The molecule has 1 N–H and O–H groups in total. The van der Waals surface area contributed by atoms with Crippen molar-refractivity contribution >= 4 is 0 Å². The van der Waals surface area contributed by atoms with Crippen LogP contribution in [-0.2, 0) is 9.47 Å². The van der Waals surface area contributed by atoms with E-state index in [0.717, 1.165) is 39.3 Å². The largest absolute Gasteiger partial charge is 0.379 e. The fraction of sp³-hybridized carbons (Fsp3) is 0.727. The summed E-state index contributed by atoms with van der Waals surface area (Å²) in [4.78, 5) is 4.24. The van der Waals surface area contributed by atoms with Crippen molar-refractivity contribution in [2.24, 2.45) is 0 Å². The molecule has 0 spiro atoms. The maximum atomic E-state index is 5.76. The Morgan fingerprint density at radius 3 is 3.19 bits per heavy atom. The minimum atomic E-state index is 0.136. The molecule has 2 fully saturated rings. The molecule has 2 aliphatic rings. The molecule has 88 valence electrons. The van der Waals surface area contributed by atoms with Crippen molar-refractivity contribution in [2.45, 2.75) is 18.6 Å². The molecule has 5 nitrogen and oxygen atoms in total. The smallest absolute Gasteiger partial charge is 0.111 e. The third-order valence-electron chi connectivity index (χ3n) is 3.25. The van der Waals surface area contributed by atoms with Gasteiger partial charge in [0.1, 0.15) is 6.10 Å². The number of morpholine rings is 1. The number of aromatic nitrogens is 2. The monoisotopic (exact) mass is 223 g/mol. The molecule has 2 atom stereocenters. The van der Waals surface area contributed by atoms with Crippen LogP contribution < -0.4 is 5.32 Å². The second-order valence-corrected chi connectivity index (χ2v) is 4.31. The summed E-state index contributed by atoms with van der Waals surface area (Å²) in [6.45, 7) is 4.24. The summed E-state index contributed by atoms with van der Waals surface area (Å²) >= 11 is 0. The number of hydrogen-bond acceptors (Lipinski definition) is 4. The van der Waals surface area contributed by atoms with Crippen LogP contribution in [0.4, 0.5) is 0 Å². The summed E-state index contributed by atoms with van der Waals surface area (Å²) in [6, 6.07) is 0.433. The van der Waals surface area contributed by atoms with Crippen LogP contribution in [0.25, 0.3) is 0 Å². The molecule has 0 saturated carbocycles. The molecule has 0 amide bonds. The highest BCUT2D eigenvalue weighted by molar-refractivity contribution is 5.07. The van der Waals surface area contributed by atoms with Gasteiger partial charge in [-0.25, -0.2) is 4.98 Å². The van der Waals surface area contributed by atoms with Gasteiger partial charge in [0.15, 0.2) is 0 Å². The van der Waals surface area contributed by atoms with Crippen LogP contribution in [0.2, 0.25) is 0 Å². The van der Waals surface area contributed by atoms with E-state index in [1.807, 2.05) is 12.5 Å². The number of nitrogens with zero attached hydrogens (tertiary/aromatic N) is 2. The molecule has 3 heterocycles. The molecule has 2 aliphatic heterocycles. The summed E-state index contributed by atoms with van der Waals surface area (Å²) in [5.41, 5.74) is 1.17. The highest BCUT2D eigenvalue weighted by Crippen LogP contribution is 2.25. The maximum Gasteiger partial charge on any atom is 0.111 e. The van der Waals surface area contributed by atoms with Gasteiger partial charge in [-0.15, -0.1) is 0 Å². The van der Waals surface area contributed by atoms with E-state index in [2.05, 4.69) is 14.9 Å². The first-order chi connectivity index (χ1) is 7.95. The highest BCUT2D eigenvalue weighted by atomic mass is 16.5. The van der Waals surface area contributed by atoms with Gasteiger partial charge in [0.2, 0.25) is 0 Å². The third-order valence-corrected chi connectivity index (χ3v) is 3.25. The summed E-state index contributed by atoms with van der Waals surface area (Å²) in [5, 5.41) is 3.34. The van der Waals surface area contributed by atoms with Crippen molar-refractivity contribution in [1.29, 1.82) is 0 Å². The Hall–Kier alpha value is -0.910. The van der Waals surface area contributed by atoms with Crippen LogP contribution in [0.5, 0.6) is 0 Å². The first kappa shape index (κ1) is 10.3. The van der Waals surface area contributed by atoms with Crippen molar-refractivity contribution in [3.8, 4) is 0 Å². The van der Waals surface area contributed by atoms with Gasteiger partial charge in [-0.2, -0.15) is 0 Å². The second kappa shape index (κ2) is 4.53. The molecule has 0 aliphatic carbocycles. The number of ether oxygens (including phenoxy) is 2. The molecule has 5 heteroatoms. The molecule has 2 saturated heterocycles. The van der Waals surface area contributed by atoms with Crippen LogP contribution >= 0.6 is 0 Å². The van der Waals surface area contributed by atoms with E-state index in [1.165, 1.54) is 5.69 Å². The SMILES string of the molecule is c1ncn(C2CCOC2)c1C1CNCCO1. The van der Waals surface area contributed by atoms with E-state index in [0.29, 0.717) is 6.04 Å². The molecular weight excluding hydrogens is 206 g/mol. The van der Waals surface area contributed by atoms with E-state index in [4.69, 9.17) is 9.47 Å². The van der Waals surface area contributed by atoms with Crippen molar-refractivity contribution in [3.05, 3.63) is 18.2 Å². The standard InChI is InChI=1S/C11H17N3O2/c1-3-15-7-9(1)14-8-13-5-10(14)11-6-12-2-4-16-11/h5,8-9,11-12H,1-4,6-7H2. The lowest BCUT2D eigenvalue weighted by Crippen LogP contribution is -2.34. The average molecular weight is 223 g/mol. The molecule has 0 aromatic carbocycles. The highest BCUT2D eigenvalue weighted by Gasteiger charge is 2.25. The maximum absolute atomic E-state index is 5.76. The van der Waals surface area contributed by atoms with Crippen molar-refractivity contribution < 1.29 is 9.47 Å². The fourth-order valence-electron chi connectivity index (χ4n) is 2.37. The summed E-state index contributed by atoms with van der Waals surface area (Å²) in [7, 11) is 0. The van der Waals surface area contributed by atoms with E-state index in [9.17, 15) is 0 Å². The zero-order chi connectivity index (χ0) is 10.8. The van der Waals surface area contributed by atoms with Gasteiger partial charge in [0.25, 0.3) is 0 Å². The predicted octanol–water partition coefficient (Wildman–Crippen LogP) is 0.505. The lowest BCUT2D eigenvalue weighted by molar-refractivity contribution is 0.0217. The average Bonchev–Trinajstić information content (AvgIpc) is 3.01. The molecule has 0 bridgehead atoms. The zero-order valence-corrected chi connectivity index (χ0v) is 9.26. The van der Waals surface area contributed by atoms with Crippen LogP contribution in [-0.4, -0.2) is 42.5 Å². The van der Waals surface area contributed by atoms with Crippen molar-refractivity contribution in [2.75, 3.05) is 32.9 Å². The zero-order valence-electron chi connectivity index (χ0n) is 9.26. The molecule has 1 aromatic heterocycles. The minimum absolute atomic E-state index is 0.136. The summed E-state index contributed by atoms with van der Waals surface area (Å²) in [6.07, 6.45) is 5.02. The van der Waals surface area contributed by atoms with E-state index >= 15 is 0 Å². The van der Waals surface area contributed by atoms with E-state index < -0.39 is 0 Å². The van der Waals surface area contributed by atoms with Gasteiger partial charge in [-0.1, -0.05) is 0 Å². The van der Waals surface area contributed by atoms with Gasteiger partial charge in [-0.05, 0) is 6.42 Å². The normalized spacial score (nSPS) is 30.8. The number of nitrogens with one attached hydrogen (secondary N) is 1. The predicted molar refractivity (Wildman–Crippen MR) is 58.3 cm³/mol. The van der Waals surface area contributed by atoms with Crippen molar-refractivity contribution in [1.82, 2.24) is 14.9 Å².